The third-order valence-corrected chi connectivity index (χ3v) is 2.88. The van der Waals surface area contributed by atoms with Gasteiger partial charge in [0.1, 0.15) is 0 Å². The monoisotopic (exact) mass is 274 g/mol. The van der Waals surface area contributed by atoms with Crippen molar-refractivity contribution in [1.82, 2.24) is 14.6 Å². The zero-order chi connectivity index (χ0) is 12.6. The average molecular weight is 274 g/mol. The van der Waals surface area contributed by atoms with Crippen LogP contribution < -0.4 is 9.46 Å². The zero-order valence-corrected chi connectivity index (χ0v) is 10.8. The number of anilines is 1. The number of nitrogens with one attached hydrogen (secondary N) is 1. The predicted octanol–water partition coefficient (Wildman–Crippen LogP) is 0.398. The molecule has 2 heterocycles. The van der Waals surface area contributed by atoms with Gasteiger partial charge in [0.25, 0.3) is 0 Å². The summed E-state index contributed by atoms with van der Waals surface area (Å²) < 4.78 is 31.1. The number of methoxy groups -OCH3 is 1. The zero-order valence-electron chi connectivity index (χ0n) is 9.08. The minimum Gasteiger partial charge on any atom is -0.482 e. The SMILES string of the molecule is COc1ccc(S)c2nnc(NS(C)(=O)=O)n12. The van der Waals surface area contributed by atoms with Crippen molar-refractivity contribution in [3.8, 4) is 5.88 Å². The third-order valence-electron chi connectivity index (χ3n) is 1.98. The summed E-state index contributed by atoms with van der Waals surface area (Å²) in [6, 6.07) is 3.34. The minimum absolute atomic E-state index is 0.0650. The van der Waals surface area contributed by atoms with E-state index in [-0.39, 0.29) is 5.95 Å². The second-order valence-electron chi connectivity index (χ2n) is 3.32. The molecule has 92 valence electrons. The molecule has 7 nitrogen and oxygen atoms in total. The molecule has 17 heavy (non-hydrogen) atoms. The number of nitrogens with zero attached hydrogens (tertiary/aromatic N) is 3. The van der Waals surface area contributed by atoms with Crippen molar-refractivity contribution in [1.29, 1.82) is 0 Å². The Balaban J connectivity index is 2.70. The molecular weight excluding hydrogens is 264 g/mol. The molecule has 0 saturated carbocycles. The van der Waals surface area contributed by atoms with E-state index in [0.717, 1.165) is 6.26 Å². The summed E-state index contributed by atoms with van der Waals surface area (Å²) >= 11 is 4.21. The molecule has 0 bridgehead atoms. The van der Waals surface area contributed by atoms with E-state index in [1.165, 1.54) is 11.5 Å². The summed E-state index contributed by atoms with van der Waals surface area (Å²) in [6.07, 6.45) is 1.03. The lowest BCUT2D eigenvalue weighted by Gasteiger charge is -2.07. The summed E-state index contributed by atoms with van der Waals surface area (Å²) in [4.78, 5) is 0.569. The molecule has 9 heteroatoms. The van der Waals surface area contributed by atoms with E-state index in [9.17, 15) is 8.42 Å². The number of ether oxygens (including phenoxy) is 1. The van der Waals surface area contributed by atoms with Crippen LogP contribution in [-0.2, 0) is 10.0 Å². The van der Waals surface area contributed by atoms with E-state index in [0.29, 0.717) is 16.4 Å². The van der Waals surface area contributed by atoms with Gasteiger partial charge in [0.15, 0.2) is 5.65 Å². The number of hydrogen-bond acceptors (Lipinski definition) is 6. The molecule has 0 aliphatic heterocycles. The van der Waals surface area contributed by atoms with Crippen LogP contribution in [-0.4, -0.2) is 36.4 Å². The first-order valence-corrected chi connectivity index (χ1v) is 6.85. The molecule has 2 rings (SSSR count). The smallest absolute Gasteiger partial charge is 0.245 e. The van der Waals surface area contributed by atoms with Gasteiger partial charge in [-0.15, -0.1) is 22.8 Å². The van der Waals surface area contributed by atoms with Crippen molar-refractivity contribution in [2.75, 3.05) is 18.1 Å². The first-order valence-electron chi connectivity index (χ1n) is 4.51. The van der Waals surface area contributed by atoms with E-state index in [2.05, 4.69) is 27.5 Å². The molecule has 0 aliphatic carbocycles. The molecule has 0 saturated heterocycles. The molecule has 2 aromatic heterocycles. The van der Waals surface area contributed by atoms with Gasteiger partial charge in [0.2, 0.25) is 21.9 Å². The van der Waals surface area contributed by atoms with Gasteiger partial charge in [-0.3, -0.25) is 4.72 Å². The van der Waals surface area contributed by atoms with Crippen molar-refractivity contribution in [3.63, 3.8) is 0 Å². The van der Waals surface area contributed by atoms with Gasteiger partial charge in [0.05, 0.1) is 13.4 Å². The number of fused-ring (bicyclic) bond motifs is 1. The van der Waals surface area contributed by atoms with E-state index in [4.69, 9.17) is 4.74 Å². The largest absolute Gasteiger partial charge is 0.482 e. The number of sulfonamides is 1. The average Bonchev–Trinajstić information content (AvgIpc) is 2.62. The van der Waals surface area contributed by atoms with Crippen LogP contribution in [0.2, 0.25) is 0 Å². The molecule has 0 aromatic carbocycles. The van der Waals surface area contributed by atoms with E-state index in [1.54, 1.807) is 12.1 Å². The topological polar surface area (TPSA) is 85.6 Å². The van der Waals surface area contributed by atoms with Gasteiger partial charge in [-0.05, 0) is 6.07 Å². The normalized spacial score (nSPS) is 11.7. The Morgan fingerprint density at radius 3 is 2.71 bits per heavy atom. The Morgan fingerprint density at radius 1 is 1.41 bits per heavy atom. The highest BCUT2D eigenvalue weighted by Gasteiger charge is 2.15. The van der Waals surface area contributed by atoms with Crippen LogP contribution in [0.5, 0.6) is 5.88 Å². The van der Waals surface area contributed by atoms with Gasteiger partial charge in [-0.1, -0.05) is 0 Å². The maximum absolute atomic E-state index is 11.2. The first-order chi connectivity index (χ1) is 7.92. The third kappa shape index (κ3) is 2.29. The highest BCUT2D eigenvalue weighted by molar-refractivity contribution is 7.92. The Bertz CT molecular complexity index is 665. The molecule has 1 N–H and O–H groups in total. The maximum Gasteiger partial charge on any atom is 0.245 e. The highest BCUT2D eigenvalue weighted by Crippen LogP contribution is 2.24. The van der Waals surface area contributed by atoms with Crippen LogP contribution in [0.4, 0.5) is 5.95 Å². The Hall–Kier alpha value is -1.48. The minimum atomic E-state index is -3.43. The lowest BCUT2D eigenvalue weighted by molar-refractivity contribution is 0.392. The van der Waals surface area contributed by atoms with Crippen molar-refractivity contribution >= 4 is 34.2 Å². The van der Waals surface area contributed by atoms with Gasteiger partial charge in [-0.25, -0.2) is 12.8 Å². The van der Waals surface area contributed by atoms with Crippen LogP contribution in [0, 0.1) is 0 Å². The fourth-order valence-corrected chi connectivity index (χ4v) is 2.03. The van der Waals surface area contributed by atoms with Crippen molar-refractivity contribution in [2.24, 2.45) is 0 Å². The Morgan fingerprint density at radius 2 is 2.12 bits per heavy atom. The number of rotatable bonds is 3. The second-order valence-corrected chi connectivity index (χ2v) is 5.55. The summed E-state index contributed by atoms with van der Waals surface area (Å²) in [7, 11) is -1.96. The number of pyridine rings is 1. The van der Waals surface area contributed by atoms with Crippen LogP contribution in [0.15, 0.2) is 17.0 Å². The summed E-state index contributed by atoms with van der Waals surface area (Å²) in [5, 5.41) is 7.58. The van der Waals surface area contributed by atoms with Crippen LogP contribution in [0.3, 0.4) is 0 Å². The van der Waals surface area contributed by atoms with Gasteiger partial charge in [0, 0.05) is 11.0 Å². The van der Waals surface area contributed by atoms with E-state index < -0.39 is 10.0 Å². The number of hydrogen-bond donors (Lipinski definition) is 2. The summed E-state index contributed by atoms with van der Waals surface area (Å²) in [5.74, 6) is 0.476. The summed E-state index contributed by atoms with van der Waals surface area (Å²) in [6.45, 7) is 0. The van der Waals surface area contributed by atoms with Crippen molar-refractivity contribution in [2.45, 2.75) is 4.90 Å². The lowest BCUT2D eigenvalue weighted by Crippen LogP contribution is -2.12. The Kier molecular flexibility index (Phi) is 2.87. The second kappa shape index (κ2) is 4.08. The molecule has 0 fully saturated rings. The molecule has 0 amide bonds. The standard InChI is InChI=1S/C8H10N4O3S2/c1-15-6-4-3-5(16)7-9-10-8(12(6)7)11-17(2,13)14/h3-4,16H,1-2H3,(H,10,11). The van der Waals surface area contributed by atoms with Crippen LogP contribution >= 0.6 is 12.6 Å². The van der Waals surface area contributed by atoms with Crippen molar-refractivity contribution in [3.05, 3.63) is 12.1 Å². The Labute approximate surface area is 103 Å². The van der Waals surface area contributed by atoms with Crippen molar-refractivity contribution < 1.29 is 13.2 Å². The molecule has 0 unspecified atom stereocenters. The molecule has 2 aromatic rings. The maximum atomic E-state index is 11.2. The fourth-order valence-electron chi connectivity index (χ4n) is 1.35. The van der Waals surface area contributed by atoms with E-state index >= 15 is 0 Å². The molecule has 0 aliphatic rings. The quantitative estimate of drug-likeness (QED) is 0.791. The molecular formula is C8H10N4O3S2. The molecule has 0 spiro atoms. The highest BCUT2D eigenvalue weighted by atomic mass is 32.2. The van der Waals surface area contributed by atoms with Gasteiger partial charge in [-0.2, -0.15) is 0 Å². The first kappa shape index (κ1) is 12.0. The number of aromatic nitrogens is 3. The van der Waals surface area contributed by atoms with Crippen LogP contribution in [0.1, 0.15) is 0 Å². The predicted molar refractivity (Wildman–Crippen MR) is 65.3 cm³/mol. The molecule has 0 atom stereocenters. The summed E-state index contributed by atoms with van der Waals surface area (Å²) in [5.41, 5.74) is 0.416. The van der Waals surface area contributed by atoms with Crippen LogP contribution in [0.25, 0.3) is 5.65 Å². The van der Waals surface area contributed by atoms with Gasteiger partial charge >= 0.3 is 0 Å². The molecule has 0 radical (unpaired) electrons. The van der Waals surface area contributed by atoms with E-state index in [1.807, 2.05) is 0 Å². The fraction of sp³-hybridized carbons (Fsp3) is 0.250. The van der Waals surface area contributed by atoms with Gasteiger partial charge < -0.3 is 4.74 Å². The lowest BCUT2D eigenvalue weighted by atomic mass is 10.4. The number of thiol groups is 1.